The molecule has 1 aliphatic carbocycles. The maximum Gasteiger partial charge on any atom is 0.401 e. The van der Waals surface area contributed by atoms with Crippen LogP contribution in [0.3, 0.4) is 0 Å². The van der Waals surface area contributed by atoms with Gasteiger partial charge >= 0.3 is 6.18 Å². The zero-order valence-corrected chi connectivity index (χ0v) is 14.4. The van der Waals surface area contributed by atoms with Gasteiger partial charge in [0.15, 0.2) is 0 Å². The lowest BCUT2D eigenvalue weighted by atomic mass is 10.2. The first-order valence-corrected chi connectivity index (χ1v) is 8.25. The number of hydrogen-bond donors (Lipinski definition) is 2. The predicted octanol–water partition coefficient (Wildman–Crippen LogP) is 2.03. The monoisotopic (exact) mass is 373 g/mol. The van der Waals surface area contributed by atoms with E-state index in [-0.39, 0.29) is 25.1 Å². The third-order valence-corrected chi connectivity index (χ3v) is 3.70. The number of carbonyl (C=O) groups excluding carboxylic acids is 2. The molecule has 144 valence electrons. The highest BCUT2D eigenvalue weighted by Gasteiger charge is 2.31. The second-order valence-electron chi connectivity index (χ2n) is 6.20. The summed E-state index contributed by atoms with van der Waals surface area (Å²) in [6.45, 7) is -1.57. The average Bonchev–Trinajstić information content (AvgIpc) is 3.35. The number of halogens is 3. The van der Waals surface area contributed by atoms with Crippen LogP contribution in [0.25, 0.3) is 0 Å². The number of methoxy groups -OCH3 is 1. The van der Waals surface area contributed by atoms with Gasteiger partial charge in [-0.25, -0.2) is 0 Å². The lowest BCUT2D eigenvalue weighted by Crippen LogP contribution is -2.41. The number of benzene rings is 1. The van der Waals surface area contributed by atoms with Crippen molar-refractivity contribution in [2.75, 3.05) is 38.7 Å². The second kappa shape index (κ2) is 9.00. The summed E-state index contributed by atoms with van der Waals surface area (Å²) in [4.78, 5) is 25.1. The van der Waals surface area contributed by atoms with E-state index >= 15 is 0 Å². The van der Waals surface area contributed by atoms with Crippen molar-refractivity contribution < 1.29 is 27.5 Å². The van der Waals surface area contributed by atoms with Gasteiger partial charge in [0.25, 0.3) is 5.91 Å². The highest BCUT2D eigenvalue weighted by Crippen LogP contribution is 2.20. The van der Waals surface area contributed by atoms with Gasteiger partial charge in [0.1, 0.15) is 0 Å². The van der Waals surface area contributed by atoms with Crippen molar-refractivity contribution in [2.45, 2.75) is 25.1 Å². The van der Waals surface area contributed by atoms with Gasteiger partial charge in [-0.15, -0.1) is 0 Å². The van der Waals surface area contributed by atoms with Crippen LogP contribution in [-0.2, 0) is 9.53 Å². The van der Waals surface area contributed by atoms with Crippen LogP contribution in [0.2, 0.25) is 0 Å². The van der Waals surface area contributed by atoms with Gasteiger partial charge in [-0.1, -0.05) is 6.07 Å². The molecule has 2 N–H and O–H groups in total. The van der Waals surface area contributed by atoms with E-state index in [4.69, 9.17) is 4.74 Å². The highest BCUT2D eigenvalue weighted by molar-refractivity contribution is 5.97. The molecule has 1 aromatic rings. The molecule has 0 spiro atoms. The summed E-state index contributed by atoms with van der Waals surface area (Å²) in [5.74, 6) is -0.826. The molecule has 0 heterocycles. The number of nitrogens with zero attached hydrogens (tertiary/aromatic N) is 1. The van der Waals surface area contributed by atoms with E-state index in [2.05, 4.69) is 10.6 Å². The van der Waals surface area contributed by atoms with Crippen LogP contribution in [-0.4, -0.2) is 62.3 Å². The summed E-state index contributed by atoms with van der Waals surface area (Å²) in [7, 11) is 1.38. The molecule has 0 aliphatic heterocycles. The largest absolute Gasteiger partial charge is 0.401 e. The minimum atomic E-state index is -4.41. The first kappa shape index (κ1) is 20.2. The van der Waals surface area contributed by atoms with Crippen LogP contribution in [0.1, 0.15) is 23.2 Å². The quantitative estimate of drug-likeness (QED) is 0.695. The molecule has 0 atom stereocenters. The standard InChI is InChI=1S/C17H22F3N3O3/c1-26-8-7-23(11-17(18,19)20)10-15(24)21-14-4-2-3-12(9-14)16(25)22-13-5-6-13/h2-4,9,13H,5-8,10-11H2,1H3,(H,21,24)(H,22,25). The van der Waals surface area contributed by atoms with Gasteiger partial charge in [0, 0.05) is 30.9 Å². The fraction of sp³-hybridized carbons (Fsp3) is 0.529. The van der Waals surface area contributed by atoms with Crippen molar-refractivity contribution in [2.24, 2.45) is 0 Å². The van der Waals surface area contributed by atoms with Crippen molar-refractivity contribution in [1.29, 1.82) is 0 Å². The van der Waals surface area contributed by atoms with E-state index < -0.39 is 25.2 Å². The molecular formula is C17H22F3N3O3. The summed E-state index contributed by atoms with van der Waals surface area (Å²) >= 11 is 0. The summed E-state index contributed by atoms with van der Waals surface area (Å²) in [6, 6.07) is 6.50. The topological polar surface area (TPSA) is 70.7 Å². The minimum absolute atomic E-state index is 0.0206. The Morgan fingerprint density at radius 2 is 2.04 bits per heavy atom. The molecule has 0 aromatic heterocycles. The molecule has 1 fully saturated rings. The average molecular weight is 373 g/mol. The van der Waals surface area contributed by atoms with E-state index in [9.17, 15) is 22.8 Å². The number of rotatable bonds is 9. The van der Waals surface area contributed by atoms with Crippen molar-refractivity contribution in [3.05, 3.63) is 29.8 Å². The number of anilines is 1. The molecule has 0 bridgehead atoms. The lowest BCUT2D eigenvalue weighted by Gasteiger charge is -2.22. The van der Waals surface area contributed by atoms with Crippen molar-refractivity contribution in [3.8, 4) is 0 Å². The number of amides is 2. The third kappa shape index (κ3) is 7.40. The smallest absolute Gasteiger partial charge is 0.383 e. The summed E-state index contributed by atoms with van der Waals surface area (Å²) in [6.07, 6.45) is -2.49. The molecule has 6 nitrogen and oxygen atoms in total. The minimum Gasteiger partial charge on any atom is -0.383 e. The number of hydrogen-bond acceptors (Lipinski definition) is 4. The van der Waals surface area contributed by atoms with E-state index in [1.807, 2.05) is 0 Å². The maximum atomic E-state index is 12.6. The molecule has 1 saturated carbocycles. The third-order valence-electron chi connectivity index (χ3n) is 3.70. The molecule has 0 unspecified atom stereocenters. The summed E-state index contributed by atoms with van der Waals surface area (Å²) in [5.41, 5.74) is 0.748. The first-order valence-electron chi connectivity index (χ1n) is 8.25. The zero-order chi connectivity index (χ0) is 19.2. The van der Waals surface area contributed by atoms with Crippen LogP contribution in [0.5, 0.6) is 0 Å². The fourth-order valence-corrected chi connectivity index (χ4v) is 2.33. The molecule has 2 rings (SSSR count). The number of nitrogens with one attached hydrogen (secondary N) is 2. The number of ether oxygens (including phenoxy) is 1. The Morgan fingerprint density at radius 1 is 1.31 bits per heavy atom. The van der Waals surface area contributed by atoms with Crippen LogP contribution in [0.15, 0.2) is 24.3 Å². The van der Waals surface area contributed by atoms with E-state index in [0.717, 1.165) is 17.7 Å². The summed E-state index contributed by atoms with van der Waals surface area (Å²) in [5, 5.41) is 5.36. The van der Waals surface area contributed by atoms with Gasteiger partial charge in [-0.05, 0) is 31.0 Å². The molecule has 1 aliphatic rings. The summed E-state index contributed by atoms with van der Waals surface area (Å²) < 4.78 is 42.6. The zero-order valence-electron chi connectivity index (χ0n) is 14.4. The Labute approximate surface area is 149 Å². The molecule has 26 heavy (non-hydrogen) atoms. The van der Waals surface area contributed by atoms with Gasteiger partial charge in [-0.3, -0.25) is 14.5 Å². The van der Waals surface area contributed by atoms with Crippen LogP contribution < -0.4 is 10.6 Å². The van der Waals surface area contributed by atoms with E-state index in [1.54, 1.807) is 18.2 Å². The molecular weight excluding hydrogens is 351 g/mol. The Morgan fingerprint density at radius 3 is 2.65 bits per heavy atom. The molecule has 0 saturated heterocycles. The van der Waals surface area contributed by atoms with E-state index in [0.29, 0.717) is 11.3 Å². The molecule has 9 heteroatoms. The van der Waals surface area contributed by atoms with Crippen molar-refractivity contribution >= 4 is 17.5 Å². The van der Waals surface area contributed by atoms with Crippen LogP contribution >= 0.6 is 0 Å². The van der Waals surface area contributed by atoms with E-state index in [1.165, 1.54) is 13.2 Å². The van der Waals surface area contributed by atoms with Crippen molar-refractivity contribution in [3.63, 3.8) is 0 Å². The van der Waals surface area contributed by atoms with Crippen LogP contribution in [0.4, 0.5) is 18.9 Å². The van der Waals surface area contributed by atoms with Crippen molar-refractivity contribution in [1.82, 2.24) is 10.2 Å². The molecule has 0 radical (unpaired) electrons. The Kier molecular flexibility index (Phi) is 6.98. The van der Waals surface area contributed by atoms with Crippen LogP contribution in [0, 0.1) is 0 Å². The highest BCUT2D eigenvalue weighted by atomic mass is 19.4. The first-order chi connectivity index (χ1) is 12.3. The Balaban J connectivity index is 1.93. The fourth-order valence-electron chi connectivity index (χ4n) is 2.33. The number of carbonyl (C=O) groups is 2. The lowest BCUT2D eigenvalue weighted by molar-refractivity contribution is -0.149. The SMILES string of the molecule is COCCN(CC(=O)Nc1cccc(C(=O)NC2CC2)c1)CC(F)(F)F. The normalized spacial score (nSPS) is 14.3. The van der Waals surface area contributed by atoms with Gasteiger partial charge in [-0.2, -0.15) is 13.2 Å². The Hall–Kier alpha value is -2.13. The number of alkyl halides is 3. The van der Waals surface area contributed by atoms with Gasteiger partial charge in [0.2, 0.25) is 5.91 Å². The Bertz CT molecular complexity index is 633. The maximum absolute atomic E-state index is 12.6. The molecule has 1 aromatic carbocycles. The van der Waals surface area contributed by atoms with Gasteiger partial charge < -0.3 is 15.4 Å². The van der Waals surface area contributed by atoms with Gasteiger partial charge in [0.05, 0.1) is 19.7 Å². The predicted molar refractivity (Wildman–Crippen MR) is 89.9 cm³/mol. The molecule has 2 amide bonds. The second-order valence-corrected chi connectivity index (χ2v) is 6.20.